The lowest BCUT2D eigenvalue weighted by atomic mass is 10.0. The van der Waals surface area contributed by atoms with Crippen molar-refractivity contribution in [2.75, 3.05) is 26.4 Å². The van der Waals surface area contributed by atoms with E-state index in [2.05, 4.69) is 0 Å². The number of hydrogen-bond acceptors (Lipinski definition) is 22. The van der Waals surface area contributed by atoms with Crippen LogP contribution in [0.4, 0.5) is 0 Å². The van der Waals surface area contributed by atoms with E-state index in [1.54, 1.807) is 0 Å². The minimum absolute atomic E-state index is 0.169. The van der Waals surface area contributed by atoms with Gasteiger partial charge >= 0.3 is 11.9 Å². The smallest absolute Gasteiger partial charge is 0.339 e. The number of aliphatic hydroxyl groups is 12. The first-order chi connectivity index (χ1) is 24.2. The van der Waals surface area contributed by atoms with Crippen molar-refractivity contribution in [3.05, 3.63) is 0 Å². The van der Waals surface area contributed by atoms with E-state index >= 15 is 0 Å². The van der Waals surface area contributed by atoms with E-state index in [0.717, 1.165) is 21.6 Å². The predicted molar refractivity (Wildman–Crippen MR) is 177 cm³/mol. The highest BCUT2D eigenvalue weighted by Gasteiger charge is 2.45. The number of aliphatic hydroxyl groups excluding tert-OH is 12. The van der Waals surface area contributed by atoms with Crippen molar-refractivity contribution in [3.8, 4) is 0 Å². The van der Waals surface area contributed by atoms with E-state index in [0.29, 0.717) is 0 Å². The predicted octanol–water partition coefficient (Wildman–Crippen LogP) is -4.44. The number of carbonyl (C=O) groups is 2. The zero-order chi connectivity index (χ0) is 39.6. The summed E-state index contributed by atoms with van der Waals surface area (Å²) in [6.07, 6.45) is -23.0. The lowest BCUT2D eigenvalue weighted by Crippen LogP contribution is -2.56. The molecule has 0 amide bonds. The quantitative estimate of drug-likeness (QED) is 0.0296. The van der Waals surface area contributed by atoms with Crippen LogP contribution in [-0.2, 0) is 38.0 Å². The summed E-state index contributed by atoms with van der Waals surface area (Å²) in [5, 5.41) is 120. The molecule has 52 heavy (non-hydrogen) atoms. The fourth-order valence-corrected chi connectivity index (χ4v) is 7.14. The van der Waals surface area contributed by atoms with E-state index in [1.165, 1.54) is 27.7 Å². The van der Waals surface area contributed by atoms with Gasteiger partial charge in [0.25, 0.3) is 0 Å². The van der Waals surface area contributed by atoms with Gasteiger partial charge in [-0.15, -0.1) is 0 Å². The molecule has 2 unspecified atom stereocenters. The largest absolute Gasteiger partial charge is 0.448 e. The maximum absolute atomic E-state index is 12.9. The van der Waals surface area contributed by atoms with Crippen molar-refractivity contribution >= 4 is 33.5 Å². The molecule has 0 aromatic carbocycles. The van der Waals surface area contributed by atoms with Crippen LogP contribution in [0, 0.1) is 0 Å². The lowest BCUT2D eigenvalue weighted by molar-refractivity contribution is -0.304. The summed E-state index contributed by atoms with van der Waals surface area (Å²) in [4.78, 5) is 22.9. The standard InChI is InChI=1S/C30H54O20S2/c1-29(2,49-22(41)9-15(37)19(5-6-31)45-27-16(38)7-13(35)20(11-33)46-27)51-52-30(3,4)50-26(44)24(43)23(42)25(18(40)10-32)48-28-17(39)8-14(36)21(12-34)47-28/h13-21,23-25,27-28,31-40,42-43H,5-12H2,1-4H3/t13-,14-,15-,16-,17-,18-,19-,20-,21-,23?,24+,25?,27-,28+/m1/s1. The Bertz CT molecular complexity index is 1090. The summed E-state index contributed by atoms with van der Waals surface area (Å²) < 4.78 is 32.4. The Balaban J connectivity index is 1.96. The molecule has 0 aromatic rings. The third kappa shape index (κ3) is 14.3. The van der Waals surface area contributed by atoms with Crippen molar-refractivity contribution in [2.45, 2.75) is 149 Å². The SMILES string of the molecule is CC(C)(OC(=O)C[C@@H](O)[C@@H](CCO)O[C@@H]1O[C@H](CO)[C@H](O)C[C@H]1O)SSC(C)(C)OC(=O)[C@@H](O)C(O)C(O[C@@H]1O[C@H](CO)[C@H](O)C[C@H]1O)[C@H](O)CO. The molecule has 0 aromatic heterocycles. The second-order valence-electron chi connectivity index (χ2n) is 13.3. The average molecular weight is 799 g/mol. The molecule has 2 aliphatic rings. The van der Waals surface area contributed by atoms with Crippen molar-refractivity contribution in [1.82, 2.24) is 0 Å². The first kappa shape index (κ1) is 47.2. The van der Waals surface area contributed by atoms with Gasteiger partial charge in [0.15, 0.2) is 28.6 Å². The summed E-state index contributed by atoms with van der Waals surface area (Å²) in [5.74, 6) is -2.29. The lowest BCUT2D eigenvalue weighted by Gasteiger charge is -2.39. The highest BCUT2D eigenvalue weighted by Crippen LogP contribution is 2.45. The normalized spacial score (nSPS) is 30.8. The number of esters is 2. The Kier molecular flexibility index (Phi) is 19.4. The van der Waals surface area contributed by atoms with Crippen LogP contribution in [0.2, 0.25) is 0 Å². The zero-order valence-corrected chi connectivity index (χ0v) is 30.8. The molecule has 2 rings (SSSR count). The molecule has 2 aliphatic heterocycles. The Morgan fingerprint density at radius 3 is 1.67 bits per heavy atom. The second kappa shape index (κ2) is 21.3. The molecular weight excluding hydrogens is 744 g/mol. The Morgan fingerprint density at radius 2 is 1.21 bits per heavy atom. The zero-order valence-electron chi connectivity index (χ0n) is 29.2. The molecule has 2 heterocycles. The molecule has 20 nitrogen and oxygen atoms in total. The summed E-state index contributed by atoms with van der Waals surface area (Å²) in [6.45, 7) is 3.08. The van der Waals surface area contributed by atoms with Crippen LogP contribution in [0.15, 0.2) is 0 Å². The van der Waals surface area contributed by atoms with Gasteiger partial charge < -0.3 is 89.7 Å². The molecule has 0 saturated carbocycles. The molecule has 0 aliphatic carbocycles. The summed E-state index contributed by atoms with van der Waals surface area (Å²) >= 11 is 0. The van der Waals surface area contributed by atoms with Crippen LogP contribution < -0.4 is 0 Å². The first-order valence-corrected chi connectivity index (χ1v) is 18.6. The van der Waals surface area contributed by atoms with Crippen LogP contribution in [-0.4, -0.2) is 195 Å². The van der Waals surface area contributed by atoms with Gasteiger partial charge in [-0.05, 0) is 55.7 Å². The van der Waals surface area contributed by atoms with Gasteiger partial charge in [-0.1, -0.05) is 0 Å². The van der Waals surface area contributed by atoms with E-state index < -0.39 is 140 Å². The highest BCUT2D eigenvalue weighted by atomic mass is 33.1. The fourth-order valence-electron chi connectivity index (χ4n) is 5.09. The van der Waals surface area contributed by atoms with Crippen LogP contribution >= 0.6 is 21.6 Å². The van der Waals surface area contributed by atoms with E-state index in [1.807, 2.05) is 0 Å². The van der Waals surface area contributed by atoms with Crippen LogP contribution in [0.1, 0.15) is 53.4 Å². The monoisotopic (exact) mass is 798 g/mol. The molecule has 0 spiro atoms. The summed E-state index contributed by atoms with van der Waals surface area (Å²) in [6, 6.07) is 0. The van der Waals surface area contributed by atoms with Crippen LogP contribution in [0.5, 0.6) is 0 Å². The molecule has 12 N–H and O–H groups in total. The highest BCUT2D eigenvalue weighted by molar-refractivity contribution is 8.77. The summed E-state index contributed by atoms with van der Waals surface area (Å²) in [5.41, 5.74) is 0. The van der Waals surface area contributed by atoms with Gasteiger partial charge in [-0.3, -0.25) is 4.79 Å². The molecule has 306 valence electrons. The third-order valence-electron chi connectivity index (χ3n) is 7.87. The Hall–Kier alpha value is -1.00. The molecule has 0 bridgehead atoms. The third-order valence-corrected chi connectivity index (χ3v) is 11.6. The average Bonchev–Trinajstić information content (AvgIpc) is 3.06. The Labute approximate surface area is 307 Å². The number of ether oxygens (including phenoxy) is 6. The van der Waals surface area contributed by atoms with Crippen LogP contribution in [0.25, 0.3) is 0 Å². The van der Waals surface area contributed by atoms with Gasteiger partial charge in [0.05, 0.1) is 50.7 Å². The molecule has 0 radical (unpaired) electrons. The van der Waals surface area contributed by atoms with E-state index in [-0.39, 0.29) is 19.3 Å². The van der Waals surface area contributed by atoms with Crippen molar-refractivity contribution < 1.29 is 99.3 Å². The van der Waals surface area contributed by atoms with Gasteiger partial charge in [0.1, 0.15) is 42.7 Å². The van der Waals surface area contributed by atoms with Gasteiger partial charge in [-0.25, -0.2) is 4.79 Å². The number of rotatable bonds is 21. The van der Waals surface area contributed by atoms with E-state index in [9.17, 15) is 70.9 Å². The first-order valence-electron chi connectivity index (χ1n) is 16.5. The van der Waals surface area contributed by atoms with Crippen molar-refractivity contribution in [1.29, 1.82) is 0 Å². The topological polar surface area (TPSA) is 332 Å². The van der Waals surface area contributed by atoms with Crippen molar-refractivity contribution in [3.63, 3.8) is 0 Å². The molecule has 2 saturated heterocycles. The molecule has 22 heteroatoms. The molecular formula is C30H54O20S2. The van der Waals surface area contributed by atoms with Gasteiger partial charge in [-0.2, -0.15) is 0 Å². The maximum atomic E-state index is 12.9. The van der Waals surface area contributed by atoms with Crippen molar-refractivity contribution in [2.24, 2.45) is 0 Å². The van der Waals surface area contributed by atoms with E-state index in [4.69, 9.17) is 28.4 Å². The van der Waals surface area contributed by atoms with Gasteiger partial charge in [0.2, 0.25) is 0 Å². The second-order valence-corrected chi connectivity index (χ2v) is 16.6. The minimum atomic E-state index is -2.36. The number of hydrogen-bond donors (Lipinski definition) is 12. The van der Waals surface area contributed by atoms with Crippen LogP contribution in [0.3, 0.4) is 0 Å². The number of carbonyl (C=O) groups excluding carboxylic acids is 2. The fraction of sp³-hybridized carbons (Fsp3) is 0.933. The van der Waals surface area contributed by atoms with Gasteiger partial charge in [0, 0.05) is 19.4 Å². The molecule has 14 atom stereocenters. The summed E-state index contributed by atoms with van der Waals surface area (Å²) in [7, 11) is 1.78. The molecule has 2 fully saturated rings. The Morgan fingerprint density at radius 1 is 0.731 bits per heavy atom. The maximum Gasteiger partial charge on any atom is 0.339 e. The minimum Gasteiger partial charge on any atom is -0.448 e.